The minimum absolute atomic E-state index is 0.349. The Morgan fingerprint density at radius 1 is 0.312 bits per heavy atom. The number of para-hydroxylation sites is 4. The molecule has 0 fully saturated rings. The zero-order valence-corrected chi connectivity index (χ0v) is 27.4. The predicted molar refractivity (Wildman–Crippen MR) is 208 cm³/mol. The topological polar surface area (TPSA) is 8.82 Å². The van der Waals surface area contributed by atoms with Crippen molar-refractivity contribution >= 4 is 109 Å². The van der Waals surface area contributed by atoms with Crippen molar-refractivity contribution in [3.8, 4) is 0 Å². The summed E-state index contributed by atoms with van der Waals surface area (Å²) in [5.74, 6) is 0.715. The minimum Gasteiger partial charge on any atom is -0.308 e. The highest BCUT2D eigenvalue weighted by molar-refractivity contribution is 6.40. The summed E-state index contributed by atoms with van der Waals surface area (Å²) in [4.78, 5) is 0. The molecule has 4 aromatic heterocycles. The van der Waals surface area contributed by atoms with E-state index in [0.29, 0.717) is 11.8 Å². The molecule has 12 rings (SSSR count). The van der Waals surface area contributed by atoms with Crippen LogP contribution in [0.3, 0.4) is 0 Å². The fourth-order valence-corrected chi connectivity index (χ4v) is 10.2. The Kier molecular flexibility index (Phi) is 4.39. The average Bonchev–Trinajstić information content (AvgIpc) is 3.83. The lowest BCUT2D eigenvalue weighted by atomic mass is 9.82. The lowest BCUT2D eigenvalue weighted by Crippen LogP contribution is -1.99. The number of nitrogens with zero attached hydrogens (tertiary/aromatic N) is 2. The van der Waals surface area contributed by atoms with Crippen molar-refractivity contribution in [1.29, 1.82) is 0 Å². The normalized spacial score (nSPS) is 13.4. The third-order valence-corrected chi connectivity index (χ3v) is 11.8. The van der Waals surface area contributed by atoms with E-state index in [9.17, 15) is 0 Å². The van der Waals surface area contributed by atoms with Gasteiger partial charge >= 0.3 is 0 Å². The van der Waals surface area contributed by atoms with Crippen LogP contribution in [0, 0.1) is 0 Å². The number of fused-ring (bicyclic) bond motifs is 14. The van der Waals surface area contributed by atoms with E-state index >= 15 is 0 Å². The lowest BCUT2D eigenvalue weighted by molar-refractivity contribution is 0.881. The summed E-state index contributed by atoms with van der Waals surface area (Å²) < 4.78 is 5.19. The van der Waals surface area contributed by atoms with Crippen molar-refractivity contribution in [2.75, 3.05) is 0 Å². The Morgan fingerprint density at radius 2 is 0.750 bits per heavy atom. The van der Waals surface area contributed by atoms with Crippen molar-refractivity contribution in [2.24, 2.45) is 0 Å². The summed E-state index contributed by atoms with van der Waals surface area (Å²) >= 11 is 0. The van der Waals surface area contributed by atoms with Crippen LogP contribution in [0.25, 0.3) is 109 Å². The number of rotatable bonds is 2. The van der Waals surface area contributed by atoms with Gasteiger partial charge in [-0.15, -0.1) is 0 Å². The van der Waals surface area contributed by atoms with Crippen molar-refractivity contribution < 1.29 is 0 Å². The SMILES string of the molecule is CC(C)c1c2ccc3c4c(ccc(c24)c2c1c1cccc4c5ccccc5n2c41)c(C(C)C)c1c3c2cccc3c4ccccc4n1c32. The minimum atomic E-state index is 0.349. The smallest absolute Gasteiger partial charge is 0.0623 e. The number of benzene rings is 8. The van der Waals surface area contributed by atoms with E-state index in [1.165, 1.54) is 120 Å². The molecule has 0 aliphatic heterocycles. The Hall–Kier alpha value is -5.60. The molecular formula is C46H32N2. The molecule has 0 atom stereocenters. The molecule has 0 aliphatic carbocycles. The maximum atomic E-state index is 2.60. The lowest BCUT2D eigenvalue weighted by Gasteiger charge is -2.22. The first-order valence-electron chi connectivity index (χ1n) is 17.4. The van der Waals surface area contributed by atoms with Gasteiger partial charge in [-0.2, -0.15) is 0 Å². The summed E-state index contributed by atoms with van der Waals surface area (Å²) in [6.45, 7) is 9.53. The second-order valence-corrected chi connectivity index (χ2v) is 14.8. The fraction of sp³-hybridized carbons (Fsp3) is 0.130. The zero-order valence-electron chi connectivity index (χ0n) is 27.4. The summed E-state index contributed by atoms with van der Waals surface area (Å²) in [6.07, 6.45) is 0. The van der Waals surface area contributed by atoms with Gasteiger partial charge in [-0.1, -0.05) is 125 Å². The van der Waals surface area contributed by atoms with Crippen LogP contribution >= 0.6 is 0 Å². The molecule has 2 heteroatoms. The maximum absolute atomic E-state index is 2.60. The van der Waals surface area contributed by atoms with Gasteiger partial charge < -0.3 is 8.80 Å². The first-order valence-corrected chi connectivity index (χ1v) is 17.4. The van der Waals surface area contributed by atoms with Crippen LogP contribution in [0.2, 0.25) is 0 Å². The molecule has 0 N–H and O–H groups in total. The molecule has 2 nitrogen and oxygen atoms in total. The number of hydrogen-bond acceptors (Lipinski definition) is 0. The van der Waals surface area contributed by atoms with Gasteiger partial charge in [0.05, 0.1) is 33.1 Å². The molecule has 48 heavy (non-hydrogen) atoms. The van der Waals surface area contributed by atoms with E-state index in [1.807, 2.05) is 0 Å². The van der Waals surface area contributed by atoms with E-state index in [4.69, 9.17) is 0 Å². The highest BCUT2D eigenvalue weighted by Crippen LogP contribution is 2.53. The Morgan fingerprint density at radius 3 is 1.38 bits per heavy atom. The molecule has 4 heterocycles. The first-order chi connectivity index (χ1) is 23.5. The van der Waals surface area contributed by atoms with Gasteiger partial charge in [0, 0.05) is 48.5 Å². The van der Waals surface area contributed by atoms with E-state index in [-0.39, 0.29) is 0 Å². The molecule has 0 amide bonds. The summed E-state index contributed by atoms with van der Waals surface area (Å²) in [5.41, 5.74) is 11.0. The highest BCUT2D eigenvalue weighted by atomic mass is 14.9. The summed E-state index contributed by atoms with van der Waals surface area (Å²) in [5, 5.41) is 19.3. The quantitative estimate of drug-likeness (QED) is 0.172. The van der Waals surface area contributed by atoms with Gasteiger partial charge in [0.25, 0.3) is 0 Å². The van der Waals surface area contributed by atoms with Crippen LogP contribution < -0.4 is 0 Å². The second kappa shape index (κ2) is 8.27. The average molecular weight is 613 g/mol. The van der Waals surface area contributed by atoms with Gasteiger partial charge in [-0.05, 0) is 62.0 Å². The number of hydrogen-bond donors (Lipinski definition) is 0. The van der Waals surface area contributed by atoms with E-state index in [2.05, 4.69) is 146 Å². The van der Waals surface area contributed by atoms with Gasteiger partial charge in [0.1, 0.15) is 0 Å². The Labute approximate surface area is 276 Å². The number of aromatic nitrogens is 2. The van der Waals surface area contributed by atoms with E-state index < -0.39 is 0 Å². The molecule has 0 bridgehead atoms. The van der Waals surface area contributed by atoms with Crippen molar-refractivity contribution in [1.82, 2.24) is 8.80 Å². The monoisotopic (exact) mass is 612 g/mol. The van der Waals surface area contributed by atoms with Crippen LogP contribution in [0.4, 0.5) is 0 Å². The van der Waals surface area contributed by atoms with Crippen LogP contribution in [-0.2, 0) is 0 Å². The fourth-order valence-electron chi connectivity index (χ4n) is 10.2. The second-order valence-electron chi connectivity index (χ2n) is 14.8. The molecule has 8 aromatic carbocycles. The van der Waals surface area contributed by atoms with Gasteiger partial charge in [0.2, 0.25) is 0 Å². The molecule has 0 radical (unpaired) electrons. The molecule has 226 valence electrons. The molecule has 0 aliphatic rings. The van der Waals surface area contributed by atoms with Crippen molar-refractivity contribution in [3.05, 3.63) is 120 Å². The third kappa shape index (κ3) is 2.63. The van der Waals surface area contributed by atoms with Crippen molar-refractivity contribution in [3.63, 3.8) is 0 Å². The van der Waals surface area contributed by atoms with Crippen molar-refractivity contribution in [2.45, 2.75) is 39.5 Å². The standard InChI is InChI=1S/C46H32N2/c1-23(2)37-29-19-20-31-39-30(38(24(3)4)46-41(31)32-15-9-13-27-26-12-6-8-18-36(26)48(46)43(27)32)21-22-34(40(29)39)45-42(37)33-16-10-14-28-25-11-5-7-17-35(25)47(45)44(28)33/h5-24H,1-4H3. The maximum Gasteiger partial charge on any atom is 0.0623 e. The first kappa shape index (κ1) is 25.5. The van der Waals surface area contributed by atoms with Gasteiger partial charge in [-0.25, -0.2) is 0 Å². The van der Waals surface area contributed by atoms with Gasteiger partial charge in [-0.3, -0.25) is 0 Å². The van der Waals surface area contributed by atoms with E-state index in [0.717, 1.165) is 0 Å². The predicted octanol–water partition coefficient (Wildman–Crippen LogP) is 13.1. The van der Waals surface area contributed by atoms with Crippen LogP contribution in [0.1, 0.15) is 50.7 Å². The third-order valence-electron chi connectivity index (χ3n) is 11.8. The zero-order chi connectivity index (χ0) is 31.7. The van der Waals surface area contributed by atoms with Crippen LogP contribution in [0.5, 0.6) is 0 Å². The highest BCUT2D eigenvalue weighted by Gasteiger charge is 2.29. The summed E-state index contributed by atoms with van der Waals surface area (Å²) in [6, 6.07) is 41.7. The largest absolute Gasteiger partial charge is 0.308 e. The molecule has 0 saturated carbocycles. The Bertz CT molecular complexity index is 3330. The van der Waals surface area contributed by atoms with Crippen LogP contribution in [-0.4, -0.2) is 8.80 Å². The van der Waals surface area contributed by atoms with Crippen LogP contribution in [0.15, 0.2) is 109 Å². The van der Waals surface area contributed by atoms with Gasteiger partial charge in [0.15, 0.2) is 0 Å². The molecular weight excluding hydrogens is 581 g/mol. The molecule has 0 spiro atoms. The summed E-state index contributed by atoms with van der Waals surface area (Å²) in [7, 11) is 0. The molecule has 0 unspecified atom stereocenters. The van der Waals surface area contributed by atoms with E-state index in [1.54, 1.807) is 0 Å². The molecule has 0 saturated heterocycles. The molecule has 12 aromatic rings. The Balaban J connectivity index is 1.42.